The number of nitrogens with zero attached hydrogens (tertiary/aromatic N) is 1. The number of hydrogen-bond donors (Lipinski definition) is 2. The molecule has 29 heavy (non-hydrogen) atoms. The summed E-state index contributed by atoms with van der Waals surface area (Å²) < 4.78 is 18.9. The molecule has 1 aromatic heterocycles. The van der Waals surface area contributed by atoms with Gasteiger partial charge < -0.3 is 15.8 Å². The third-order valence-corrected chi connectivity index (χ3v) is 6.26. The van der Waals surface area contributed by atoms with E-state index >= 15 is 0 Å². The van der Waals surface area contributed by atoms with Crippen LogP contribution in [0.15, 0.2) is 53.9 Å². The molecule has 1 fully saturated rings. The lowest BCUT2D eigenvalue weighted by Gasteiger charge is -2.38. The first-order valence-corrected chi connectivity index (χ1v) is 10.4. The molecule has 0 aliphatic carbocycles. The molecule has 2 heterocycles. The van der Waals surface area contributed by atoms with E-state index < -0.39 is 5.91 Å². The van der Waals surface area contributed by atoms with Gasteiger partial charge in [-0.25, -0.2) is 9.37 Å². The summed E-state index contributed by atoms with van der Waals surface area (Å²) in [5.74, 6) is -0.675. The first-order valence-electron chi connectivity index (χ1n) is 9.49. The number of ether oxygens (including phenoxy) is 1. The van der Waals surface area contributed by atoms with Crippen LogP contribution in [0.1, 0.15) is 34.5 Å². The van der Waals surface area contributed by atoms with E-state index in [4.69, 9.17) is 15.5 Å². The van der Waals surface area contributed by atoms with Crippen LogP contribution >= 0.6 is 11.3 Å². The lowest BCUT2D eigenvalue weighted by Crippen LogP contribution is -2.46. The number of halogens is 1. The van der Waals surface area contributed by atoms with Gasteiger partial charge in [-0.15, -0.1) is 11.3 Å². The van der Waals surface area contributed by atoms with Gasteiger partial charge in [-0.3, -0.25) is 4.79 Å². The minimum absolute atomic E-state index is 0.234. The van der Waals surface area contributed by atoms with E-state index in [1.54, 1.807) is 23.5 Å². The fraction of sp³-hybridized carbons (Fsp3) is 0.273. The summed E-state index contributed by atoms with van der Waals surface area (Å²) in [7, 11) is 0. The summed E-state index contributed by atoms with van der Waals surface area (Å²) in [6.45, 7) is 1.94. The van der Waals surface area contributed by atoms with Crippen LogP contribution in [-0.4, -0.2) is 24.1 Å². The van der Waals surface area contributed by atoms with Crippen LogP contribution in [0.25, 0.3) is 10.6 Å². The van der Waals surface area contributed by atoms with Crippen molar-refractivity contribution >= 4 is 17.2 Å². The fourth-order valence-electron chi connectivity index (χ4n) is 3.61. The van der Waals surface area contributed by atoms with E-state index in [-0.39, 0.29) is 11.4 Å². The maximum atomic E-state index is 13.4. The Morgan fingerprint density at radius 3 is 2.48 bits per heavy atom. The summed E-state index contributed by atoms with van der Waals surface area (Å²) in [6.07, 6.45) is 1.65. The van der Waals surface area contributed by atoms with Crippen LogP contribution in [-0.2, 0) is 16.8 Å². The van der Waals surface area contributed by atoms with E-state index in [2.05, 4.69) is 5.32 Å². The zero-order chi connectivity index (χ0) is 20.3. The molecule has 1 aliphatic heterocycles. The molecule has 5 nitrogen and oxygen atoms in total. The average Bonchev–Trinajstić information content (AvgIpc) is 3.23. The molecular formula is C22H22FN3O2S. The summed E-state index contributed by atoms with van der Waals surface area (Å²) in [5.41, 5.74) is 8.48. The number of nitrogens with two attached hydrogens (primary N) is 1. The van der Waals surface area contributed by atoms with Crippen molar-refractivity contribution in [3.63, 3.8) is 0 Å². The maximum Gasteiger partial charge on any atom is 0.248 e. The molecule has 1 amide bonds. The van der Waals surface area contributed by atoms with Crippen molar-refractivity contribution in [3.05, 3.63) is 76.5 Å². The van der Waals surface area contributed by atoms with Gasteiger partial charge in [0, 0.05) is 41.8 Å². The SMILES string of the molecule is NC(=O)c1ccc(-c2nc(CNC3(c4ccc(F)cc4)CCOCC3)cs2)cc1. The van der Waals surface area contributed by atoms with Gasteiger partial charge in [0.05, 0.1) is 5.69 Å². The molecule has 1 saturated heterocycles. The Morgan fingerprint density at radius 2 is 1.83 bits per heavy atom. The van der Waals surface area contributed by atoms with E-state index in [1.165, 1.54) is 12.1 Å². The average molecular weight is 412 g/mol. The van der Waals surface area contributed by atoms with Crippen molar-refractivity contribution in [2.75, 3.05) is 13.2 Å². The van der Waals surface area contributed by atoms with Gasteiger partial charge in [0.2, 0.25) is 5.91 Å². The third-order valence-electron chi connectivity index (χ3n) is 5.32. The Morgan fingerprint density at radius 1 is 1.14 bits per heavy atom. The summed E-state index contributed by atoms with van der Waals surface area (Å²) >= 11 is 1.56. The van der Waals surface area contributed by atoms with Gasteiger partial charge in [0.1, 0.15) is 10.8 Å². The number of nitrogens with one attached hydrogen (secondary N) is 1. The van der Waals surface area contributed by atoms with Crippen molar-refractivity contribution in [1.82, 2.24) is 10.3 Å². The zero-order valence-electron chi connectivity index (χ0n) is 15.9. The number of carbonyl (C=O) groups excluding carboxylic acids is 1. The van der Waals surface area contributed by atoms with Gasteiger partial charge in [-0.05, 0) is 42.7 Å². The second-order valence-electron chi connectivity index (χ2n) is 7.14. The van der Waals surface area contributed by atoms with E-state index in [9.17, 15) is 9.18 Å². The smallest absolute Gasteiger partial charge is 0.248 e. The number of rotatable bonds is 6. The van der Waals surface area contributed by atoms with Crippen LogP contribution in [0.5, 0.6) is 0 Å². The third kappa shape index (κ3) is 4.37. The Bertz CT molecular complexity index is 980. The molecule has 2 aromatic carbocycles. The normalized spacial score (nSPS) is 15.9. The van der Waals surface area contributed by atoms with Crippen molar-refractivity contribution in [2.45, 2.75) is 24.9 Å². The molecule has 0 spiro atoms. The predicted octanol–water partition coefficient (Wildman–Crippen LogP) is 3.84. The summed E-state index contributed by atoms with van der Waals surface area (Å²) in [4.78, 5) is 16.0. The van der Waals surface area contributed by atoms with Crippen molar-refractivity contribution in [3.8, 4) is 10.6 Å². The Balaban J connectivity index is 1.50. The van der Waals surface area contributed by atoms with Crippen molar-refractivity contribution in [2.24, 2.45) is 5.73 Å². The van der Waals surface area contributed by atoms with E-state index in [0.29, 0.717) is 25.3 Å². The number of benzene rings is 2. The van der Waals surface area contributed by atoms with Gasteiger partial charge in [0.25, 0.3) is 0 Å². The molecule has 1 aliphatic rings. The second kappa shape index (κ2) is 8.41. The highest BCUT2D eigenvalue weighted by Gasteiger charge is 2.34. The van der Waals surface area contributed by atoms with E-state index in [0.717, 1.165) is 34.7 Å². The monoisotopic (exact) mass is 411 g/mol. The van der Waals surface area contributed by atoms with Gasteiger partial charge >= 0.3 is 0 Å². The first kappa shape index (κ1) is 19.7. The van der Waals surface area contributed by atoms with Crippen molar-refractivity contribution < 1.29 is 13.9 Å². The molecule has 7 heteroatoms. The largest absolute Gasteiger partial charge is 0.381 e. The minimum atomic E-state index is -0.442. The number of aromatic nitrogens is 1. The molecular weight excluding hydrogens is 389 g/mol. The van der Waals surface area contributed by atoms with Crippen LogP contribution in [0.3, 0.4) is 0 Å². The standard InChI is InChI=1S/C22H22FN3O2S/c23-18-7-5-17(6-8-18)22(9-11-28-12-10-22)25-13-19-14-29-21(26-19)16-3-1-15(2-4-16)20(24)27/h1-8,14,25H,9-13H2,(H2,24,27). The molecule has 0 atom stereocenters. The highest BCUT2D eigenvalue weighted by atomic mass is 32.1. The maximum absolute atomic E-state index is 13.4. The Labute approximate surface area is 172 Å². The Hall–Kier alpha value is -2.61. The molecule has 3 N–H and O–H groups in total. The van der Waals surface area contributed by atoms with Crippen LogP contribution < -0.4 is 11.1 Å². The number of hydrogen-bond acceptors (Lipinski definition) is 5. The molecule has 150 valence electrons. The van der Waals surface area contributed by atoms with Gasteiger partial charge in [-0.2, -0.15) is 0 Å². The number of carbonyl (C=O) groups is 1. The first-order chi connectivity index (χ1) is 14.1. The molecule has 0 radical (unpaired) electrons. The quantitative estimate of drug-likeness (QED) is 0.646. The van der Waals surface area contributed by atoms with Gasteiger partial charge in [-0.1, -0.05) is 24.3 Å². The lowest BCUT2D eigenvalue weighted by atomic mass is 9.82. The number of thiazole rings is 1. The zero-order valence-corrected chi connectivity index (χ0v) is 16.7. The highest BCUT2D eigenvalue weighted by molar-refractivity contribution is 7.13. The molecule has 0 bridgehead atoms. The topological polar surface area (TPSA) is 77.2 Å². The lowest BCUT2D eigenvalue weighted by molar-refractivity contribution is 0.0356. The van der Waals surface area contributed by atoms with Crippen LogP contribution in [0.4, 0.5) is 4.39 Å². The van der Waals surface area contributed by atoms with E-state index in [1.807, 2.05) is 29.6 Å². The summed E-state index contributed by atoms with van der Waals surface area (Å²) in [6, 6.07) is 13.8. The van der Waals surface area contributed by atoms with Crippen LogP contribution in [0, 0.1) is 5.82 Å². The molecule has 3 aromatic rings. The molecule has 0 unspecified atom stereocenters. The Kier molecular flexibility index (Phi) is 5.71. The molecule has 0 saturated carbocycles. The predicted molar refractivity (Wildman–Crippen MR) is 111 cm³/mol. The summed E-state index contributed by atoms with van der Waals surface area (Å²) in [5, 5.41) is 6.58. The fourth-order valence-corrected chi connectivity index (χ4v) is 4.44. The number of amides is 1. The second-order valence-corrected chi connectivity index (χ2v) is 8.00. The van der Waals surface area contributed by atoms with Crippen LogP contribution in [0.2, 0.25) is 0 Å². The van der Waals surface area contributed by atoms with Gasteiger partial charge in [0.15, 0.2) is 0 Å². The highest BCUT2D eigenvalue weighted by Crippen LogP contribution is 2.33. The minimum Gasteiger partial charge on any atom is -0.381 e. The van der Waals surface area contributed by atoms with Crippen molar-refractivity contribution in [1.29, 1.82) is 0 Å². The number of primary amides is 1. The molecule has 4 rings (SSSR count).